The lowest BCUT2D eigenvalue weighted by Gasteiger charge is -2.08. The minimum Gasteiger partial charge on any atom is -0.484 e. The Hall–Kier alpha value is -1.59. The van der Waals surface area contributed by atoms with Gasteiger partial charge in [0.25, 0.3) is 0 Å². The van der Waals surface area contributed by atoms with Gasteiger partial charge in [-0.2, -0.15) is 4.98 Å². The van der Waals surface area contributed by atoms with Crippen LogP contribution in [0.4, 0.5) is 0 Å². The van der Waals surface area contributed by atoms with E-state index in [1.165, 1.54) is 6.39 Å². The van der Waals surface area contributed by atoms with Gasteiger partial charge in [-0.15, -0.1) is 0 Å². The Morgan fingerprint density at radius 2 is 2.33 bits per heavy atom. The molecule has 0 unspecified atom stereocenters. The van der Waals surface area contributed by atoms with Crippen LogP contribution < -0.4 is 10.1 Å². The lowest BCUT2D eigenvalue weighted by atomic mass is 10.2. The van der Waals surface area contributed by atoms with Crippen molar-refractivity contribution in [1.29, 1.82) is 0 Å². The van der Waals surface area contributed by atoms with Gasteiger partial charge in [0.05, 0.1) is 5.02 Å². The van der Waals surface area contributed by atoms with E-state index in [1.807, 2.05) is 18.2 Å². The van der Waals surface area contributed by atoms with Crippen LogP contribution in [0, 0.1) is 0 Å². The highest BCUT2D eigenvalue weighted by molar-refractivity contribution is 6.32. The van der Waals surface area contributed by atoms with E-state index in [1.54, 1.807) is 0 Å². The third-order valence-electron chi connectivity index (χ3n) is 2.34. The molecule has 0 aliphatic rings. The molecule has 0 fully saturated rings. The quantitative estimate of drug-likeness (QED) is 0.871. The van der Waals surface area contributed by atoms with Gasteiger partial charge in [0.15, 0.2) is 6.61 Å². The predicted octanol–water partition coefficient (Wildman–Crippen LogP) is 2.41. The average molecular weight is 268 g/mol. The molecule has 0 spiro atoms. The normalized spacial score (nSPS) is 10.6. The molecule has 0 radical (unpaired) electrons. The van der Waals surface area contributed by atoms with Gasteiger partial charge in [0.1, 0.15) is 5.75 Å². The summed E-state index contributed by atoms with van der Waals surface area (Å²) in [5.74, 6) is 1.10. The number of rotatable bonds is 6. The number of hydrogen-bond donors (Lipinski definition) is 1. The molecular weight excluding hydrogens is 254 g/mol. The number of benzene rings is 1. The largest absolute Gasteiger partial charge is 0.484 e. The molecule has 0 aliphatic heterocycles. The Labute approximate surface area is 110 Å². The maximum atomic E-state index is 6.13. The van der Waals surface area contributed by atoms with Gasteiger partial charge in [-0.25, -0.2) is 0 Å². The molecule has 2 aromatic rings. The van der Waals surface area contributed by atoms with Gasteiger partial charge in [-0.3, -0.25) is 0 Å². The molecule has 2 rings (SSSR count). The minimum absolute atomic E-state index is 0.239. The zero-order valence-corrected chi connectivity index (χ0v) is 10.8. The maximum Gasteiger partial charge on any atom is 0.213 e. The molecule has 18 heavy (non-hydrogen) atoms. The lowest BCUT2D eigenvalue weighted by Crippen LogP contribution is -2.11. The fourth-order valence-electron chi connectivity index (χ4n) is 1.44. The molecule has 0 atom stereocenters. The molecule has 5 nitrogen and oxygen atoms in total. The molecule has 0 aliphatic carbocycles. The number of hydrogen-bond acceptors (Lipinski definition) is 5. The third-order valence-corrected chi connectivity index (χ3v) is 2.63. The summed E-state index contributed by atoms with van der Waals surface area (Å²) in [5, 5.41) is 7.47. The van der Waals surface area contributed by atoms with Gasteiger partial charge in [0.2, 0.25) is 12.2 Å². The van der Waals surface area contributed by atoms with Crippen molar-refractivity contribution >= 4 is 11.6 Å². The topological polar surface area (TPSA) is 60.2 Å². The highest BCUT2D eigenvalue weighted by Gasteiger charge is 2.05. The van der Waals surface area contributed by atoms with Crippen LogP contribution in [0.5, 0.6) is 5.75 Å². The standard InChI is InChI=1S/C12H14ClN3O2/c1-2-14-6-9-3-4-11(10(13)5-9)17-7-12-15-8-18-16-12/h3-5,8,14H,2,6-7H2,1H3. The van der Waals surface area contributed by atoms with E-state index < -0.39 is 0 Å². The summed E-state index contributed by atoms with van der Waals surface area (Å²) in [4.78, 5) is 3.86. The Bertz CT molecular complexity index is 488. The van der Waals surface area contributed by atoms with Crippen LogP contribution in [-0.2, 0) is 13.2 Å². The van der Waals surface area contributed by atoms with E-state index in [4.69, 9.17) is 16.3 Å². The van der Waals surface area contributed by atoms with Crippen LogP contribution in [0.25, 0.3) is 0 Å². The van der Waals surface area contributed by atoms with Crippen LogP contribution in [-0.4, -0.2) is 16.7 Å². The van der Waals surface area contributed by atoms with Crippen molar-refractivity contribution in [3.8, 4) is 5.75 Å². The van der Waals surface area contributed by atoms with E-state index in [-0.39, 0.29) is 6.61 Å². The molecule has 1 heterocycles. The first-order valence-electron chi connectivity index (χ1n) is 5.66. The fraction of sp³-hybridized carbons (Fsp3) is 0.333. The van der Waals surface area contributed by atoms with Gasteiger partial charge < -0.3 is 14.6 Å². The minimum atomic E-state index is 0.239. The van der Waals surface area contributed by atoms with Crippen LogP contribution in [0.1, 0.15) is 18.3 Å². The Kier molecular flexibility index (Phi) is 4.55. The van der Waals surface area contributed by atoms with E-state index in [0.29, 0.717) is 16.6 Å². The van der Waals surface area contributed by atoms with Gasteiger partial charge in [0, 0.05) is 6.54 Å². The van der Waals surface area contributed by atoms with Crippen molar-refractivity contribution in [2.24, 2.45) is 0 Å². The molecule has 1 aromatic heterocycles. The molecule has 0 bridgehead atoms. The van der Waals surface area contributed by atoms with Gasteiger partial charge >= 0.3 is 0 Å². The van der Waals surface area contributed by atoms with Gasteiger partial charge in [-0.05, 0) is 24.2 Å². The van der Waals surface area contributed by atoms with Crippen molar-refractivity contribution in [2.75, 3.05) is 6.54 Å². The highest BCUT2D eigenvalue weighted by atomic mass is 35.5. The van der Waals surface area contributed by atoms with E-state index >= 15 is 0 Å². The van der Waals surface area contributed by atoms with Crippen molar-refractivity contribution in [3.05, 3.63) is 41.0 Å². The first kappa shape index (κ1) is 12.9. The summed E-state index contributed by atoms with van der Waals surface area (Å²) in [7, 11) is 0. The second kappa shape index (κ2) is 6.37. The van der Waals surface area contributed by atoms with Crippen LogP contribution >= 0.6 is 11.6 Å². The number of ether oxygens (including phenoxy) is 1. The monoisotopic (exact) mass is 267 g/mol. The van der Waals surface area contributed by atoms with Crippen molar-refractivity contribution in [2.45, 2.75) is 20.1 Å². The molecule has 6 heteroatoms. The zero-order valence-electron chi connectivity index (χ0n) is 10.0. The molecule has 0 amide bonds. The Morgan fingerprint density at radius 3 is 3.00 bits per heavy atom. The second-order valence-corrected chi connectivity index (χ2v) is 4.09. The summed E-state index contributed by atoms with van der Waals surface area (Å²) < 4.78 is 10.1. The SMILES string of the molecule is CCNCc1ccc(OCc2ncon2)c(Cl)c1. The Balaban J connectivity index is 1.96. The molecule has 96 valence electrons. The smallest absolute Gasteiger partial charge is 0.213 e. The average Bonchev–Trinajstić information content (AvgIpc) is 2.88. The summed E-state index contributed by atoms with van der Waals surface area (Å²) in [6, 6.07) is 5.70. The summed E-state index contributed by atoms with van der Waals surface area (Å²) in [6.07, 6.45) is 1.26. The van der Waals surface area contributed by atoms with Crippen LogP contribution in [0.3, 0.4) is 0 Å². The molecule has 0 saturated heterocycles. The highest BCUT2D eigenvalue weighted by Crippen LogP contribution is 2.26. The van der Waals surface area contributed by atoms with E-state index in [2.05, 4.69) is 26.9 Å². The van der Waals surface area contributed by atoms with Crippen LogP contribution in [0.2, 0.25) is 5.02 Å². The lowest BCUT2D eigenvalue weighted by molar-refractivity contribution is 0.286. The summed E-state index contributed by atoms with van der Waals surface area (Å²) in [6.45, 7) is 4.02. The molecular formula is C12H14ClN3O2. The second-order valence-electron chi connectivity index (χ2n) is 3.68. The van der Waals surface area contributed by atoms with Gasteiger partial charge in [-0.1, -0.05) is 29.7 Å². The van der Waals surface area contributed by atoms with E-state index in [9.17, 15) is 0 Å². The molecule has 1 N–H and O–H groups in total. The predicted molar refractivity (Wildman–Crippen MR) is 67.5 cm³/mol. The Morgan fingerprint density at radius 1 is 1.44 bits per heavy atom. The van der Waals surface area contributed by atoms with Crippen molar-refractivity contribution in [3.63, 3.8) is 0 Å². The first-order valence-corrected chi connectivity index (χ1v) is 6.04. The maximum absolute atomic E-state index is 6.13. The third kappa shape index (κ3) is 3.45. The summed E-state index contributed by atoms with van der Waals surface area (Å²) in [5.41, 5.74) is 1.12. The number of nitrogens with one attached hydrogen (secondary N) is 1. The number of halogens is 1. The first-order chi connectivity index (χ1) is 8.79. The van der Waals surface area contributed by atoms with Crippen molar-refractivity contribution < 1.29 is 9.26 Å². The number of nitrogens with zero attached hydrogens (tertiary/aromatic N) is 2. The van der Waals surface area contributed by atoms with Crippen LogP contribution in [0.15, 0.2) is 29.1 Å². The molecule has 1 aromatic carbocycles. The zero-order chi connectivity index (χ0) is 12.8. The summed E-state index contributed by atoms with van der Waals surface area (Å²) >= 11 is 6.13. The van der Waals surface area contributed by atoms with E-state index in [0.717, 1.165) is 18.7 Å². The van der Waals surface area contributed by atoms with Crippen molar-refractivity contribution in [1.82, 2.24) is 15.5 Å². The fourth-order valence-corrected chi connectivity index (χ4v) is 1.70. The number of aromatic nitrogens is 2. The molecule has 0 saturated carbocycles.